The van der Waals surface area contributed by atoms with Crippen LogP contribution in [-0.4, -0.2) is 36.1 Å². The molecule has 1 aromatic rings. The summed E-state index contributed by atoms with van der Waals surface area (Å²) in [6.07, 6.45) is 6.06. The molecule has 0 aromatic carbocycles. The number of carbonyl (C=O) groups is 2. The van der Waals surface area contributed by atoms with E-state index in [1.165, 1.54) is 0 Å². The second-order valence-corrected chi connectivity index (χ2v) is 5.99. The highest BCUT2D eigenvalue weighted by molar-refractivity contribution is 5.75. The first-order valence-electron chi connectivity index (χ1n) is 8.92. The lowest BCUT2D eigenvalue weighted by atomic mass is 10.1. The average molecular weight is 346 g/mol. The molecule has 136 valence electrons. The zero-order chi connectivity index (χ0) is 17.9. The smallest absolute Gasteiger partial charge is 0.408 e. The van der Waals surface area contributed by atoms with Gasteiger partial charge in [0.15, 0.2) is 6.10 Å². The summed E-state index contributed by atoms with van der Waals surface area (Å²) in [5.74, 6) is 6.77. The quantitative estimate of drug-likeness (QED) is 0.770. The Bertz CT molecular complexity index is 601. The van der Waals surface area contributed by atoms with Crippen molar-refractivity contribution in [2.24, 2.45) is 0 Å². The van der Waals surface area contributed by atoms with Gasteiger partial charge in [0, 0.05) is 25.9 Å². The Morgan fingerprint density at radius 1 is 1.40 bits per heavy atom. The minimum Gasteiger partial charge on any atom is -0.467 e. The van der Waals surface area contributed by atoms with E-state index in [2.05, 4.69) is 17.2 Å². The molecule has 1 N–H and O–H groups in total. The lowest BCUT2D eigenvalue weighted by Crippen LogP contribution is -2.38. The van der Waals surface area contributed by atoms with Crippen molar-refractivity contribution in [2.45, 2.75) is 58.1 Å². The van der Waals surface area contributed by atoms with Crippen LogP contribution in [0.5, 0.6) is 0 Å². The maximum absolute atomic E-state index is 12.0. The molecule has 2 rings (SSSR count). The van der Waals surface area contributed by atoms with Gasteiger partial charge in [0.2, 0.25) is 5.91 Å². The monoisotopic (exact) mass is 346 g/mol. The zero-order valence-electron chi connectivity index (χ0n) is 14.8. The van der Waals surface area contributed by atoms with E-state index in [0.717, 1.165) is 32.1 Å². The molecule has 1 aliphatic rings. The van der Waals surface area contributed by atoms with Crippen molar-refractivity contribution in [3.63, 3.8) is 0 Å². The largest absolute Gasteiger partial charge is 0.467 e. The van der Waals surface area contributed by atoms with Gasteiger partial charge in [-0.1, -0.05) is 25.2 Å². The van der Waals surface area contributed by atoms with E-state index in [-0.39, 0.29) is 12.0 Å². The molecule has 6 nitrogen and oxygen atoms in total. The molecule has 25 heavy (non-hydrogen) atoms. The maximum atomic E-state index is 12.0. The normalized spacial score (nSPS) is 16.8. The van der Waals surface area contributed by atoms with Crippen LogP contribution in [0.3, 0.4) is 0 Å². The van der Waals surface area contributed by atoms with Gasteiger partial charge in [-0.15, -0.1) is 0 Å². The Hall–Kier alpha value is -2.42. The molecule has 0 saturated heterocycles. The van der Waals surface area contributed by atoms with Crippen LogP contribution in [0.25, 0.3) is 0 Å². The fourth-order valence-electron chi connectivity index (χ4n) is 2.64. The van der Waals surface area contributed by atoms with Crippen molar-refractivity contribution >= 4 is 12.0 Å². The average Bonchev–Trinajstić information content (AvgIpc) is 3.08. The van der Waals surface area contributed by atoms with Crippen molar-refractivity contribution in [2.75, 3.05) is 13.1 Å². The molecule has 1 heterocycles. The molecule has 0 aliphatic heterocycles. The number of carbonyl (C=O) groups excluding carboxylic acids is 2. The topological polar surface area (TPSA) is 71.8 Å². The van der Waals surface area contributed by atoms with Crippen LogP contribution >= 0.6 is 0 Å². The van der Waals surface area contributed by atoms with Crippen LogP contribution < -0.4 is 5.32 Å². The predicted octanol–water partition coefficient (Wildman–Crippen LogP) is 3.08. The molecule has 2 amide bonds. The fourth-order valence-corrected chi connectivity index (χ4v) is 2.64. The molecule has 1 aliphatic carbocycles. The van der Waals surface area contributed by atoms with E-state index in [1.807, 2.05) is 13.0 Å². The van der Waals surface area contributed by atoms with Crippen LogP contribution in [0.15, 0.2) is 22.8 Å². The van der Waals surface area contributed by atoms with E-state index in [1.54, 1.807) is 17.2 Å². The number of rotatable bonds is 7. The molecule has 0 fully saturated rings. The summed E-state index contributed by atoms with van der Waals surface area (Å²) in [4.78, 5) is 25.6. The molecule has 0 saturated carbocycles. The standard InChI is InChI=1S/C19H26N2O4/c1-2-18(22)21(15-17-11-8-14-24-17)13-12-20-19(23)25-16-9-6-4-3-5-7-10-16/h8,11,14,16H,2-6,9,12-13,15H2,1H3,(H,20,23). The minimum atomic E-state index is -0.484. The Kier molecular flexibility index (Phi) is 7.90. The Labute approximate surface area is 148 Å². The third-order valence-electron chi connectivity index (χ3n) is 4.01. The van der Waals surface area contributed by atoms with Gasteiger partial charge in [-0.2, -0.15) is 0 Å². The molecular weight excluding hydrogens is 320 g/mol. The first-order chi connectivity index (χ1) is 12.2. The van der Waals surface area contributed by atoms with E-state index in [4.69, 9.17) is 9.15 Å². The number of nitrogens with zero attached hydrogens (tertiary/aromatic N) is 1. The zero-order valence-corrected chi connectivity index (χ0v) is 14.8. The first kappa shape index (κ1) is 18.9. The van der Waals surface area contributed by atoms with Crippen molar-refractivity contribution in [3.8, 4) is 11.8 Å². The van der Waals surface area contributed by atoms with Gasteiger partial charge < -0.3 is 19.4 Å². The third kappa shape index (κ3) is 6.92. The Balaban J connectivity index is 1.76. The summed E-state index contributed by atoms with van der Waals surface area (Å²) in [6, 6.07) is 3.61. The van der Waals surface area contributed by atoms with Gasteiger partial charge in [0.05, 0.1) is 12.8 Å². The molecule has 6 heteroatoms. The predicted molar refractivity (Wildman–Crippen MR) is 93.5 cm³/mol. The lowest BCUT2D eigenvalue weighted by molar-refractivity contribution is -0.131. The van der Waals surface area contributed by atoms with Gasteiger partial charge >= 0.3 is 6.09 Å². The molecule has 1 atom stereocenters. The summed E-state index contributed by atoms with van der Waals surface area (Å²) in [5, 5.41) is 2.70. The van der Waals surface area contributed by atoms with Crippen molar-refractivity contribution in [3.05, 3.63) is 24.2 Å². The molecule has 0 radical (unpaired) electrons. The van der Waals surface area contributed by atoms with Gasteiger partial charge in [0.1, 0.15) is 5.76 Å². The van der Waals surface area contributed by atoms with E-state index in [9.17, 15) is 9.59 Å². The summed E-state index contributed by atoms with van der Waals surface area (Å²) < 4.78 is 10.6. The molecule has 0 bridgehead atoms. The van der Waals surface area contributed by atoms with E-state index >= 15 is 0 Å². The SMILES string of the molecule is CCC(=O)N(CCNC(=O)OC1C#CCCCCC1)Cc1ccco1. The molecular formula is C19H26N2O4. The number of hydrogen-bond donors (Lipinski definition) is 1. The number of alkyl carbamates (subject to hydrolysis) is 1. The number of ether oxygens (including phenoxy) is 1. The van der Waals surface area contributed by atoms with Crippen molar-refractivity contribution in [1.82, 2.24) is 10.2 Å². The van der Waals surface area contributed by atoms with Gasteiger partial charge in [-0.05, 0) is 31.4 Å². The summed E-state index contributed by atoms with van der Waals surface area (Å²) in [5.41, 5.74) is 0. The molecule has 0 spiro atoms. The van der Waals surface area contributed by atoms with Crippen LogP contribution in [0, 0.1) is 11.8 Å². The molecule has 1 unspecified atom stereocenters. The summed E-state index contributed by atoms with van der Waals surface area (Å²) in [6.45, 7) is 2.93. The summed E-state index contributed by atoms with van der Waals surface area (Å²) in [7, 11) is 0. The highest BCUT2D eigenvalue weighted by atomic mass is 16.6. The van der Waals surface area contributed by atoms with Crippen LogP contribution in [-0.2, 0) is 16.1 Å². The van der Waals surface area contributed by atoms with Gasteiger partial charge in [-0.25, -0.2) is 4.79 Å². The van der Waals surface area contributed by atoms with Gasteiger partial charge in [0.25, 0.3) is 0 Å². The highest BCUT2D eigenvalue weighted by Gasteiger charge is 2.16. The van der Waals surface area contributed by atoms with Crippen LogP contribution in [0.2, 0.25) is 0 Å². The van der Waals surface area contributed by atoms with Crippen molar-refractivity contribution in [1.29, 1.82) is 0 Å². The second-order valence-electron chi connectivity index (χ2n) is 5.99. The fraction of sp³-hybridized carbons (Fsp3) is 0.579. The van der Waals surface area contributed by atoms with Crippen LogP contribution in [0.4, 0.5) is 4.79 Å². The number of furan rings is 1. The van der Waals surface area contributed by atoms with Crippen molar-refractivity contribution < 1.29 is 18.7 Å². The first-order valence-corrected chi connectivity index (χ1v) is 8.92. The van der Waals surface area contributed by atoms with E-state index in [0.29, 0.717) is 31.8 Å². The van der Waals surface area contributed by atoms with E-state index < -0.39 is 6.09 Å². The minimum absolute atomic E-state index is 0.0115. The summed E-state index contributed by atoms with van der Waals surface area (Å²) >= 11 is 0. The molecule has 1 aromatic heterocycles. The highest BCUT2D eigenvalue weighted by Crippen LogP contribution is 2.11. The third-order valence-corrected chi connectivity index (χ3v) is 4.01. The second kappa shape index (κ2) is 10.4. The Morgan fingerprint density at radius 3 is 3.04 bits per heavy atom. The number of nitrogens with one attached hydrogen (secondary N) is 1. The Morgan fingerprint density at radius 2 is 2.28 bits per heavy atom. The van der Waals surface area contributed by atoms with Crippen LogP contribution in [0.1, 0.15) is 51.2 Å². The van der Waals surface area contributed by atoms with Gasteiger partial charge in [-0.3, -0.25) is 4.79 Å². The number of hydrogen-bond acceptors (Lipinski definition) is 4. The maximum Gasteiger partial charge on any atom is 0.408 e. The number of amides is 2. The lowest BCUT2D eigenvalue weighted by Gasteiger charge is -2.21.